The molecular formula is C12H13NO. The van der Waals surface area contributed by atoms with Gasteiger partial charge < -0.3 is 4.57 Å². The molecule has 0 N–H and O–H groups in total. The van der Waals surface area contributed by atoms with Crippen molar-refractivity contribution in [2.45, 2.75) is 20.4 Å². The van der Waals surface area contributed by atoms with E-state index in [1.54, 1.807) is 6.92 Å². The molecule has 0 saturated heterocycles. The largest absolute Gasteiger partial charge is 0.340 e. The lowest BCUT2D eigenvalue weighted by atomic mass is 10.1. The predicted molar refractivity (Wildman–Crippen MR) is 57.4 cm³/mol. The number of carbonyl (C=O) groups excluding carboxylic acids is 1. The van der Waals surface area contributed by atoms with Gasteiger partial charge in [0.05, 0.1) is 6.54 Å². The highest BCUT2D eigenvalue weighted by atomic mass is 16.1. The second-order valence-electron chi connectivity index (χ2n) is 3.65. The first-order chi connectivity index (χ1) is 6.68. The van der Waals surface area contributed by atoms with Gasteiger partial charge in [-0.2, -0.15) is 0 Å². The van der Waals surface area contributed by atoms with Gasteiger partial charge in [0.2, 0.25) is 0 Å². The summed E-state index contributed by atoms with van der Waals surface area (Å²) in [6, 6.07) is 8.22. The molecule has 1 aromatic heterocycles. The summed E-state index contributed by atoms with van der Waals surface area (Å²) in [7, 11) is 0. The molecule has 1 heterocycles. The standard InChI is InChI=1S/C12H13NO/c1-9-4-3-5-12-11(9)6-7-13(12)8-10(2)14/h3-7H,8H2,1-2H3. The Bertz CT molecular complexity index is 482. The number of ketones is 1. The van der Waals surface area contributed by atoms with Gasteiger partial charge in [0.1, 0.15) is 5.78 Å². The normalized spacial score (nSPS) is 10.7. The lowest BCUT2D eigenvalue weighted by Gasteiger charge is -2.02. The second kappa shape index (κ2) is 3.29. The fourth-order valence-electron chi connectivity index (χ4n) is 1.76. The lowest BCUT2D eigenvalue weighted by Crippen LogP contribution is -2.04. The maximum absolute atomic E-state index is 11.0. The van der Waals surface area contributed by atoms with Crippen molar-refractivity contribution < 1.29 is 4.79 Å². The van der Waals surface area contributed by atoms with E-state index < -0.39 is 0 Å². The van der Waals surface area contributed by atoms with Crippen molar-refractivity contribution >= 4 is 16.7 Å². The maximum atomic E-state index is 11.0. The summed E-state index contributed by atoms with van der Waals surface area (Å²) in [5, 5.41) is 1.23. The third-order valence-corrected chi connectivity index (χ3v) is 2.42. The van der Waals surface area contributed by atoms with E-state index in [1.165, 1.54) is 10.9 Å². The number of aryl methyl sites for hydroxylation is 1. The van der Waals surface area contributed by atoms with E-state index in [0.717, 1.165) is 5.52 Å². The zero-order valence-electron chi connectivity index (χ0n) is 8.45. The maximum Gasteiger partial charge on any atom is 0.149 e. The summed E-state index contributed by atoms with van der Waals surface area (Å²) in [6.45, 7) is 4.16. The van der Waals surface area contributed by atoms with Crippen LogP contribution in [0.3, 0.4) is 0 Å². The highest BCUT2D eigenvalue weighted by Gasteiger charge is 2.03. The van der Waals surface area contributed by atoms with Gasteiger partial charge in [-0.15, -0.1) is 0 Å². The molecule has 0 bridgehead atoms. The molecule has 72 valence electrons. The van der Waals surface area contributed by atoms with Gasteiger partial charge in [0.25, 0.3) is 0 Å². The van der Waals surface area contributed by atoms with Crippen LogP contribution in [0.2, 0.25) is 0 Å². The molecule has 2 aromatic rings. The minimum absolute atomic E-state index is 0.184. The lowest BCUT2D eigenvalue weighted by molar-refractivity contribution is -0.117. The number of hydrogen-bond donors (Lipinski definition) is 0. The molecule has 1 aromatic carbocycles. The highest BCUT2D eigenvalue weighted by Crippen LogP contribution is 2.19. The molecule has 0 unspecified atom stereocenters. The fourth-order valence-corrected chi connectivity index (χ4v) is 1.76. The third kappa shape index (κ3) is 1.43. The first kappa shape index (κ1) is 9.00. The Hall–Kier alpha value is -1.57. The molecule has 0 aliphatic heterocycles. The molecule has 0 fully saturated rings. The summed E-state index contributed by atoms with van der Waals surface area (Å²) in [4.78, 5) is 11.0. The smallest absolute Gasteiger partial charge is 0.149 e. The Labute approximate surface area is 83.2 Å². The zero-order valence-corrected chi connectivity index (χ0v) is 8.45. The molecule has 14 heavy (non-hydrogen) atoms. The molecule has 2 rings (SSSR count). The molecule has 0 radical (unpaired) electrons. The van der Waals surface area contributed by atoms with Crippen molar-refractivity contribution in [1.82, 2.24) is 4.57 Å². The summed E-state index contributed by atoms with van der Waals surface area (Å²) >= 11 is 0. The van der Waals surface area contributed by atoms with Gasteiger partial charge in [0.15, 0.2) is 0 Å². The van der Waals surface area contributed by atoms with Crippen molar-refractivity contribution in [3.05, 3.63) is 36.0 Å². The van der Waals surface area contributed by atoms with Crippen molar-refractivity contribution in [3.8, 4) is 0 Å². The quantitative estimate of drug-likeness (QED) is 0.708. The van der Waals surface area contributed by atoms with Crippen LogP contribution < -0.4 is 0 Å². The number of hydrogen-bond acceptors (Lipinski definition) is 1. The summed E-state index contributed by atoms with van der Waals surface area (Å²) in [6.07, 6.45) is 1.97. The molecule has 0 aliphatic rings. The first-order valence-electron chi connectivity index (χ1n) is 4.72. The minimum atomic E-state index is 0.184. The second-order valence-corrected chi connectivity index (χ2v) is 3.65. The average Bonchev–Trinajstić information content (AvgIpc) is 2.49. The predicted octanol–water partition coefficient (Wildman–Crippen LogP) is 2.54. The summed E-state index contributed by atoms with van der Waals surface area (Å²) in [5.74, 6) is 0.184. The van der Waals surface area contributed by atoms with Crippen LogP contribution in [-0.2, 0) is 11.3 Å². The van der Waals surface area contributed by atoms with E-state index in [9.17, 15) is 4.79 Å². The summed E-state index contributed by atoms with van der Waals surface area (Å²) < 4.78 is 1.99. The number of rotatable bonds is 2. The van der Waals surface area contributed by atoms with Gasteiger partial charge in [-0.3, -0.25) is 4.79 Å². The number of nitrogens with zero attached hydrogens (tertiary/aromatic N) is 1. The van der Waals surface area contributed by atoms with E-state index in [4.69, 9.17) is 0 Å². The molecule has 2 nitrogen and oxygen atoms in total. The van der Waals surface area contributed by atoms with Crippen LogP contribution in [0, 0.1) is 6.92 Å². The number of carbonyl (C=O) groups is 1. The fraction of sp³-hybridized carbons (Fsp3) is 0.250. The molecule has 0 aliphatic carbocycles. The van der Waals surface area contributed by atoms with E-state index in [-0.39, 0.29) is 5.78 Å². The number of Topliss-reactive ketones (excluding diaryl/α,β-unsaturated/α-hetero) is 1. The van der Waals surface area contributed by atoms with Crippen LogP contribution in [0.5, 0.6) is 0 Å². The van der Waals surface area contributed by atoms with Crippen LogP contribution in [0.4, 0.5) is 0 Å². The number of aromatic nitrogens is 1. The third-order valence-electron chi connectivity index (χ3n) is 2.42. The van der Waals surface area contributed by atoms with Crippen LogP contribution >= 0.6 is 0 Å². The summed E-state index contributed by atoms with van der Waals surface area (Å²) in [5.41, 5.74) is 2.39. The van der Waals surface area contributed by atoms with Gasteiger partial charge in [-0.05, 0) is 31.5 Å². The van der Waals surface area contributed by atoms with Crippen LogP contribution in [-0.4, -0.2) is 10.4 Å². The van der Waals surface area contributed by atoms with Crippen molar-refractivity contribution in [1.29, 1.82) is 0 Å². The molecular weight excluding hydrogens is 174 g/mol. The number of benzene rings is 1. The van der Waals surface area contributed by atoms with E-state index >= 15 is 0 Å². The van der Waals surface area contributed by atoms with Gasteiger partial charge in [-0.25, -0.2) is 0 Å². The zero-order chi connectivity index (χ0) is 10.1. The Kier molecular flexibility index (Phi) is 2.12. The van der Waals surface area contributed by atoms with Gasteiger partial charge in [-0.1, -0.05) is 12.1 Å². The van der Waals surface area contributed by atoms with E-state index in [2.05, 4.69) is 19.1 Å². The van der Waals surface area contributed by atoms with Crippen molar-refractivity contribution in [2.24, 2.45) is 0 Å². The highest BCUT2D eigenvalue weighted by molar-refractivity contribution is 5.85. The Morgan fingerprint density at radius 3 is 2.86 bits per heavy atom. The Morgan fingerprint density at radius 2 is 2.14 bits per heavy atom. The molecule has 2 heteroatoms. The van der Waals surface area contributed by atoms with Crippen molar-refractivity contribution in [2.75, 3.05) is 0 Å². The van der Waals surface area contributed by atoms with Crippen LogP contribution in [0.1, 0.15) is 12.5 Å². The Balaban J connectivity index is 2.58. The molecule has 0 atom stereocenters. The van der Waals surface area contributed by atoms with E-state index in [0.29, 0.717) is 6.54 Å². The van der Waals surface area contributed by atoms with Crippen LogP contribution in [0.15, 0.2) is 30.5 Å². The van der Waals surface area contributed by atoms with Crippen molar-refractivity contribution in [3.63, 3.8) is 0 Å². The number of fused-ring (bicyclic) bond motifs is 1. The average molecular weight is 187 g/mol. The minimum Gasteiger partial charge on any atom is -0.340 e. The Morgan fingerprint density at radius 1 is 1.36 bits per heavy atom. The first-order valence-corrected chi connectivity index (χ1v) is 4.72. The van der Waals surface area contributed by atoms with Gasteiger partial charge in [0, 0.05) is 17.1 Å². The monoisotopic (exact) mass is 187 g/mol. The topological polar surface area (TPSA) is 22.0 Å². The molecule has 0 saturated carbocycles. The van der Waals surface area contributed by atoms with Gasteiger partial charge >= 0.3 is 0 Å². The SMILES string of the molecule is CC(=O)Cn1ccc2c(C)cccc21. The van der Waals surface area contributed by atoms with E-state index in [1.807, 2.05) is 22.9 Å². The van der Waals surface area contributed by atoms with Crippen LogP contribution in [0.25, 0.3) is 10.9 Å². The molecule has 0 spiro atoms. The molecule has 0 amide bonds.